The van der Waals surface area contributed by atoms with Crippen LogP contribution in [0.15, 0.2) is 54.7 Å². The zero-order chi connectivity index (χ0) is 27.6. The molecule has 2 aliphatic heterocycles. The molecule has 6 rings (SSSR count). The third kappa shape index (κ3) is 5.89. The van der Waals surface area contributed by atoms with Crippen LogP contribution >= 0.6 is 11.6 Å². The zero-order valence-electron chi connectivity index (χ0n) is 21.6. The minimum Gasteiger partial charge on any atom is -0.489 e. The number of fused-ring (bicyclic) bond motifs is 1. The van der Waals surface area contributed by atoms with E-state index in [9.17, 15) is 14.3 Å². The normalized spacial score (nSPS) is 19.1. The van der Waals surface area contributed by atoms with E-state index in [0.717, 1.165) is 42.9 Å². The summed E-state index contributed by atoms with van der Waals surface area (Å²) in [7, 11) is 0. The van der Waals surface area contributed by atoms with E-state index in [4.69, 9.17) is 30.8 Å². The van der Waals surface area contributed by atoms with Gasteiger partial charge in [-0.25, -0.2) is 14.2 Å². The molecule has 0 aliphatic carbocycles. The number of carboxylic acids is 1. The van der Waals surface area contributed by atoms with Gasteiger partial charge in [-0.1, -0.05) is 11.6 Å². The van der Waals surface area contributed by atoms with Crippen LogP contribution in [0.2, 0.25) is 5.02 Å². The molecule has 0 bridgehead atoms. The molecule has 1 N–H and O–H groups in total. The highest BCUT2D eigenvalue weighted by atomic mass is 35.5. The number of rotatable bonds is 10. The molecule has 2 aromatic carbocycles. The summed E-state index contributed by atoms with van der Waals surface area (Å²) in [6.45, 7) is 3.66. The fraction of sp³-hybridized carbons (Fsp3) is 0.345. The van der Waals surface area contributed by atoms with Gasteiger partial charge in [0.15, 0.2) is 11.6 Å². The van der Waals surface area contributed by atoms with Gasteiger partial charge in [-0.3, -0.25) is 9.88 Å². The molecule has 4 heterocycles. The molecule has 4 aromatic rings. The van der Waals surface area contributed by atoms with Crippen LogP contribution in [0.25, 0.3) is 11.0 Å². The standard InChI is InChI=1S/C29H28ClFN4O5/c30-19-2-4-27(24(31)12-19)39-17-20-13-21(5-8-32-20)40-23-6-9-34(14-23)16-28-33-25-3-1-18(29(36)37)11-26(25)35(28)15-22-7-10-38-22/h1-5,8,11-13,22-23H,6-7,9-10,14-17H2,(H,36,37)/t22-,23-/m0/s1. The third-order valence-corrected chi connectivity index (χ3v) is 7.44. The van der Waals surface area contributed by atoms with Gasteiger partial charge >= 0.3 is 5.97 Å². The molecule has 2 aromatic heterocycles. The Labute approximate surface area is 235 Å². The van der Waals surface area contributed by atoms with Crippen LogP contribution in [0.5, 0.6) is 11.5 Å². The van der Waals surface area contributed by atoms with E-state index in [1.807, 2.05) is 0 Å². The number of benzene rings is 2. The van der Waals surface area contributed by atoms with Crippen molar-refractivity contribution in [2.45, 2.75) is 44.7 Å². The van der Waals surface area contributed by atoms with Crippen molar-refractivity contribution in [3.63, 3.8) is 0 Å². The van der Waals surface area contributed by atoms with Crippen molar-refractivity contribution in [1.29, 1.82) is 0 Å². The van der Waals surface area contributed by atoms with Crippen LogP contribution < -0.4 is 9.47 Å². The van der Waals surface area contributed by atoms with Crippen LogP contribution in [0.1, 0.15) is 34.7 Å². The molecule has 0 amide bonds. The van der Waals surface area contributed by atoms with E-state index in [1.54, 1.807) is 42.6 Å². The predicted octanol–water partition coefficient (Wildman–Crippen LogP) is 4.94. The molecule has 2 aliphatic rings. The maximum atomic E-state index is 14.0. The largest absolute Gasteiger partial charge is 0.489 e. The summed E-state index contributed by atoms with van der Waals surface area (Å²) in [5, 5.41) is 9.78. The number of imidazole rings is 1. The third-order valence-electron chi connectivity index (χ3n) is 7.21. The summed E-state index contributed by atoms with van der Waals surface area (Å²) in [5.41, 5.74) is 2.44. The van der Waals surface area contributed by atoms with Crippen molar-refractivity contribution >= 4 is 28.6 Å². The van der Waals surface area contributed by atoms with Gasteiger partial charge in [0.25, 0.3) is 0 Å². The summed E-state index contributed by atoms with van der Waals surface area (Å²) >= 11 is 5.80. The summed E-state index contributed by atoms with van der Waals surface area (Å²) in [6.07, 6.45) is 3.57. The predicted molar refractivity (Wildman–Crippen MR) is 145 cm³/mol. The molecule has 40 heavy (non-hydrogen) atoms. The van der Waals surface area contributed by atoms with Crippen molar-refractivity contribution in [2.75, 3.05) is 19.7 Å². The van der Waals surface area contributed by atoms with Gasteiger partial charge in [-0.2, -0.15) is 0 Å². The van der Waals surface area contributed by atoms with Crippen LogP contribution in [-0.2, 0) is 24.4 Å². The lowest BCUT2D eigenvalue weighted by Gasteiger charge is -2.28. The number of carbonyl (C=O) groups is 1. The Kier molecular flexibility index (Phi) is 7.55. The van der Waals surface area contributed by atoms with Gasteiger partial charge < -0.3 is 23.9 Å². The number of hydrogen-bond acceptors (Lipinski definition) is 7. The number of carboxylic acid groups (broad SMARTS) is 1. The first-order valence-corrected chi connectivity index (χ1v) is 13.5. The van der Waals surface area contributed by atoms with Gasteiger partial charge in [0.05, 0.1) is 41.5 Å². The summed E-state index contributed by atoms with van der Waals surface area (Å²) in [4.78, 5) is 23.0. The van der Waals surface area contributed by atoms with Gasteiger partial charge in [-0.05, 0) is 55.3 Å². The molecule has 2 atom stereocenters. The van der Waals surface area contributed by atoms with Crippen molar-refractivity contribution in [3.8, 4) is 11.5 Å². The molecular weight excluding hydrogens is 539 g/mol. The van der Waals surface area contributed by atoms with Gasteiger partial charge in [0, 0.05) is 37.0 Å². The van der Waals surface area contributed by atoms with Gasteiger partial charge in [0.2, 0.25) is 0 Å². The van der Waals surface area contributed by atoms with Crippen LogP contribution in [-0.4, -0.2) is 62.4 Å². The highest BCUT2D eigenvalue weighted by Crippen LogP contribution is 2.26. The van der Waals surface area contributed by atoms with E-state index in [0.29, 0.717) is 36.1 Å². The fourth-order valence-corrected chi connectivity index (χ4v) is 5.20. The Balaban J connectivity index is 1.10. The Bertz CT molecular complexity index is 1540. The van der Waals surface area contributed by atoms with E-state index >= 15 is 0 Å². The molecule has 0 radical (unpaired) electrons. The Morgan fingerprint density at radius 1 is 1.18 bits per heavy atom. The smallest absolute Gasteiger partial charge is 0.335 e. The molecule has 0 saturated carbocycles. The first-order chi connectivity index (χ1) is 19.4. The van der Waals surface area contributed by atoms with Crippen molar-refractivity contribution < 1.29 is 28.5 Å². The van der Waals surface area contributed by atoms with Crippen LogP contribution in [0, 0.1) is 5.82 Å². The number of aromatic carboxylic acids is 1. The molecule has 2 fully saturated rings. The maximum Gasteiger partial charge on any atom is 0.335 e. The number of ether oxygens (including phenoxy) is 3. The number of hydrogen-bond donors (Lipinski definition) is 1. The highest BCUT2D eigenvalue weighted by molar-refractivity contribution is 6.30. The lowest BCUT2D eigenvalue weighted by atomic mass is 10.1. The highest BCUT2D eigenvalue weighted by Gasteiger charge is 2.28. The lowest BCUT2D eigenvalue weighted by Crippen LogP contribution is -2.33. The van der Waals surface area contributed by atoms with E-state index in [-0.39, 0.29) is 30.1 Å². The molecule has 9 nitrogen and oxygen atoms in total. The first-order valence-electron chi connectivity index (χ1n) is 13.2. The second-order valence-corrected chi connectivity index (χ2v) is 10.5. The molecule has 0 unspecified atom stereocenters. The summed E-state index contributed by atoms with van der Waals surface area (Å²) < 4.78 is 33.6. The average Bonchev–Trinajstić information content (AvgIpc) is 3.49. The van der Waals surface area contributed by atoms with Crippen molar-refractivity contribution in [1.82, 2.24) is 19.4 Å². The van der Waals surface area contributed by atoms with Crippen molar-refractivity contribution in [3.05, 3.63) is 82.6 Å². The van der Waals surface area contributed by atoms with Crippen LogP contribution in [0.3, 0.4) is 0 Å². The molecule has 2 saturated heterocycles. The number of aromatic nitrogens is 3. The van der Waals surface area contributed by atoms with E-state index < -0.39 is 11.8 Å². The number of likely N-dealkylation sites (tertiary alicyclic amines) is 1. The Hall–Kier alpha value is -3.73. The Morgan fingerprint density at radius 3 is 2.83 bits per heavy atom. The van der Waals surface area contributed by atoms with Crippen LogP contribution in [0.4, 0.5) is 4.39 Å². The molecule has 0 spiro atoms. The molecule has 11 heteroatoms. The minimum absolute atomic E-state index is 0.0173. The van der Waals surface area contributed by atoms with E-state index in [2.05, 4.69) is 14.5 Å². The first kappa shape index (κ1) is 26.5. The number of nitrogens with zero attached hydrogens (tertiary/aromatic N) is 4. The molecular formula is C29H28ClFN4O5. The monoisotopic (exact) mass is 566 g/mol. The van der Waals surface area contributed by atoms with E-state index in [1.165, 1.54) is 12.1 Å². The topological polar surface area (TPSA) is 98.9 Å². The second kappa shape index (κ2) is 11.4. The summed E-state index contributed by atoms with van der Waals surface area (Å²) in [5.74, 6) is 0.178. The SMILES string of the molecule is O=C(O)c1ccc2nc(CN3CC[C@H](Oc4ccnc(COc5ccc(Cl)cc5F)c4)C3)n(C[C@@H]3CCO3)c2c1. The van der Waals surface area contributed by atoms with Gasteiger partial charge in [0.1, 0.15) is 24.3 Å². The summed E-state index contributed by atoms with van der Waals surface area (Å²) in [6, 6.07) is 12.9. The van der Waals surface area contributed by atoms with Gasteiger partial charge in [-0.15, -0.1) is 0 Å². The maximum absolute atomic E-state index is 14.0. The Morgan fingerprint density at radius 2 is 2.05 bits per heavy atom. The quantitative estimate of drug-likeness (QED) is 0.288. The minimum atomic E-state index is -0.960. The van der Waals surface area contributed by atoms with Crippen molar-refractivity contribution in [2.24, 2.45) is 0 Å². The number of pyridine rings is 1. The zero-order valence-corrected chi connectivity index (χ0v) is 22.4. The lowest BCUT2D eigenvalue weighted by molar-refractivity contribution is -0.0591. The average molecular weight is 567 g/mol. The second-order valence-electron chi connectivity index (χ2n) is 10.0. The number of halogens is 2. The molecule has 208 valence electrons. The fourth-order valence-electron chi connectivity index (χ4n) is 5.04.